The maximum atomic E-state index is 11.1. The zero-order chi connectivity index (χ0) is 12.6. The molecule has 2 heterocycles. The van der Waals surface area contributed by atoms with Gasteiger partial charge in [-0.3, -0.25) is 0 Å². The largest absolute Gasteiger partial charge is 0.477 e. The van der Waals surface area contributed by atoms with E-state index in [4.69, 9.17) is 9.52 Å². The second kappa shape index (κ2) is 4.33. The minimum Gasteiger partial charge on any atom is -0.477 e. The molecule has 0 saturated heterocycles. The molecule has 90 valence electrons. The number of carbonyl (C=O) groups is 1. The Bertz CT molecular complexity index is 554. The van der Waals surface area contributed by atoms with Crippen molar-refractivity contribution in [3.8, 4) is 10.8 Å². The molecule has 2 aromatic heterocycles. The van der Waals surface area contributed by atoms with Crippen LogP contribution in [0.25, 0.3) is 10.8 Å². The van der Waals surface area contributed by atoms with E-state index in [0.717, 1.165) is 16.9 Å². The third-order valence-electron chi connectivity index (χ3n) is 2.45. The Balaban J connectivity index is 2.55. The predicted molar refractivity (Wildman–Crippen MR) is 65.6 cm³/mol. The Morgan fingerprint density at radius 3 is 2.65 bits per heavy atom. The highest BCUT2D eigenvalue weighted by atomic mass is 32.1. The van der Waals surface area contributed by atoms with Crippen molar-refractivity contribution >= 4 is 17.3 Å². The molecule has 0 fully saturated rings. The van der Waals surface area contributed by atoms with Crippen LogP contribution in [0.2, 0.25) is 0 Å². The van der Waals surface area contributed by atoms with E-state index in [1.54, 1.807) is 6.26 Å². The lowest BCUT2D eigenvalue weighted by Crippen LogP contribution is -2.00. The summed E-state index contributed by atoms with van der Waals surface area (Å²) in [5.74, 6) is -0.188. The number of aryl methyl sites for hydroxylation is 1. The Kier molecular flexibility index (Phi) is 3.02. The highest BCUT2D eigenvalue weighted by Crippen LogP contribution is 2.33. The minimum absolute atomic E-state index is 0.0846. The SMILES string of the molecule is Cc1ccoc1-c1nc(C(C)C)c(C(=O)O)s1. The quantitative estimate of drug-likeness (QED) is 0.906. The summed E-state index contributed by atoms with van der Waals surface area (Å²) in [6.07, 6.45) is 1.58. The van der Waals surface area contributed by atoms with Gasteiger partial charge in [0.25, 0.3) is 0 Å². The summed E-state index contributed by atoms with van der Waals surface area (Å²) >= 11 is 1.16. The van der Waals surface area contributed by atoms with E-state index < -0.39 is 5.97 Å². The van der Waals surface area contributed by atoms with Gasteiger partial charge < -0.3 is 9.52 Å². The van der Waals surface area contributed by atoms with E-state index in [1.807, 2.05) is 26.8 Å². The number of hydrogen-bond acceptors (Lipinski definition) is 4. The van der Waals surface area contributed by atoms with Gasteiger partial charge in [-0.05, 0) is 24.5 Å². The van der Waals surface area contributed by atoms with Gasteiger partial charge in [-0.2, -0.15) is 0 Å². The zero-order valence-corrected chi connectivity index (χ0v) is 10.7. The Labute approximate surface area is 103 Å². The Morgan fingerprint density at radius 1 is 1.53 bits per heavy atom. The fourth-order valence-corrected chi connectivity index (χ4v) is 2.68. The lowest BCUT2D eigenvalue weighted by atomic mass is 10.1. The molecule has 0 aromatic carbocycles. The van der Waals surface area contributed by atoms with Crippen molar-refractivity contribution in [2.75, 3.05) is 0 Å². The lowest BCUT2D eigenvalue weighted by Gasteiger charge is -2.00. The smallest absolute Gasteiger partial charge is 0.347 e. The zero-order valence-electron chi connectivity index (χ0n) is 9.85. The van der Waals surface area contributed by atoms with Crippen LogP contribution in [0.5, 0.6) is 0 Å². The van der Waals surface area contributed by atoms with Crippen LogP contribution < -0.4 is 0 Å². The van der Waals surface area contributed by atoms with Crippen molar-refractivity contribution in [3.05, 3.63) is 28.5 Å². The first-order valence-corrected chi connectivity index (χ1v) is 6.10. The van der Waals surface area contributed by atoms with Crippen molar-refractivity contribution in [1.82, 2.24) is 4.98 Å². The van der Waals surface area contributed by atoms with E-state index in [1.165, 1.54) is 0 Å². The van der Waals surface area contributed by atoms with Crippen molar-refractivity contribution in [1.29, 1.82) is 0 Å². The Hall–Kier alpha value is -1.62. The summed E-state index contributed by atoms with van der Waals surface area (Å²) in [5, 5.41) is 9.77. The fraction of sp³-hybridized carbons (Fsp3) is 0.333. The van der Waals surface area contributed by atoms with Crippen LogP contribution in [0, 0.1) is 6.92 Å². The molecule has 5 heteroatoms. The van der Waals surface area contributed by atoms with Gasteiger partial charge in [0, 0.05) is 0 Å². The fourth-order valence-electron chi connectivity index (χ4n) is 1.57. The third kappa shape index (κ3) is 2.10. The molecule has 0 unspecified atom stereocenters. The average molecular weight is 251 g/mol. The van der Waals surface area contributed by atoms with Crippen molar-refractivity contribution in [2.24, 2.45) is 0 Å². The molecule has 0 aliphatic rings. The first-order valence-electron chi connectivity index (χ1n) is 5.29. The van der Waals surface area contributed by atoms with Gasteiger partial charge in [0.1, 0.15) is 4.88 Å². The molecule has 0 atom stereocenters. The summed E-state index contributed by atoms with van der Waals surface area (Å²) in [6, 6.07) is 1.84. The second-order valence-electron chi connectivity index (χ2n) is 4.13. The molecule has 2 aromatic rings. The number of rotatable bonds is 3. The van der Waals surface area contributed by atoms with E-state index in [2.05, 4.69) is 4.98 Å². The van der Waals surface area contributed by atoms with Gasteiger partial charge in [0.15, 0.2) is 10.8 Å². The molecule has 1 N–H and O–H groups in total. The molecule has 0 spiro atoms. The maximum Gasteiger partial charge on any atom is 0.347 e. The van der Waals surface area contributed by atoms with Crippen LogP contribution in [-0.4, -0.2) is 16.1 Å². The number of aromatic nitrogens is 1. The van der Waals surface area contributed by atoms with Gasteiger partial charge >= 0.3 is 5.97 Å². The van der Waals surface area contributed by atoms with Crippen LogP contribution >= 0.6 is 11.3 Å². The number of carboxylic acids is 1. The molecule has 17 heavy (non-hydrogen) atoms. The highest BCUT2D eigenvalue weighted by molar-refractivity contribution is 7.17. The second-order valence-corrected chi connectivity index (χ2v) is 5.13. The third-order valence-corrected chi connectivity index (χ3v) is 3.51. The Morgan fingerprint density at radius 2 is 2.24 bits per heavy atom. The first-order chi connectivity index (χ1) is 8.00. The van der Waals surface area contributed by atoms with E-state index in [-0.39, 0.29) is 5.92 Å². The molecule has 2 rings (SSSR count). The number of carboxylic acid groups (broad SMARTS) is 1. The summed E-state index contributed by atoms with van der Waals surface area (Å²) < 4.78 is 5.33. The molecule has 0 aliphatic carbocycles. The molecular formula is C12H13NO3S. The molecular weight excluding hydrogens is 238 g/mol. The van der Waals surface area contributed by atoms with Crippen LogP contribution in [0.3, 0.4) is 0 Å². The van der Waals surface area contributed by atoms with E-state index in [0.29, 0.717) is 21.3 Å². The summed E-state index contributed by atoms with van der Waals surface area (Å²) in [4.78, 5) is 15.8. The topological polar surface area (TPSA) is 63.3 Å². The number of aromatic carboxylic acids is 1. The number of furan rings is 1. The van der Waals surface area contributed by atoms with E-state index >= 15 is 0 Å². The minimum atomic E-state index is -0.929. The molecule has 0 aliphatic heterocycles. The van der Waals surface area contributed by atoms with E-state index in [9.17, 15) is 4.79 Å². The highest BCUT2D eigenvalue weighted by Gasteiger charge is 2.22. The van der Waals surface area contributed by atoms with Crippen LogP contribution in [0.4, 0.5) is 0 Å². The van der Waals surface area contributed by atoms with Crippen molar-refractivity contribution in [2.45, 2.75) is 26.7 Å². The summed E-state index contributed by atoms with van der Waals surface area (Å²) in [7, 11) is 0. The molecule has 0 bridgehead atoms. The number of nitrogens with zero attached hydrogens (tertiary/aromatic N) is 1. The van der Waals surface area contributed by atoms with Crippen LogP contribution in [0.15, 0.2) is 16.7 Å². The molecule has 4 nitrogen and oxygen atoms in total. The summed E-state index contributed by atoms with van der Waals surface area (Å²) in [5.41, 5.74) is 1.58. The van der Waals surface area contributed by atoms with Crippen LogP contribution in [-0.2, 0) is 0 Å². The standard InChI is InChI=1S/C12H13NO3S/c1-6(2)8-10(12(14)15)17-11(13-8)9-7(3)4-5-16-9/h4-6H,1-3H3,(H,14,15). The number of thiazole rings is 1. The first kappa shape index (κ1) is 11.9. The van der Waals surface area contributed by atoms with Crippen molar-refractivity contribution < 1.29 is 14.3 Å². The van der Waals surface area contributed by atoms with Gasteiger partial charge in [-0.25, -0.2) is 9.78 Å². The molecule has 0 saturated carbocycles. The normalized spacial score (nSPS) is 11.1. The monoisotopic (exact) mass is 251 g/mol. The maximum absolute atomic E-state index is 11.1. The van der Waals surface area contributed by atoms with Gasteiger partial charge in [0.05, 0.1) is 12.0 Å². The summed E-state index contributed by atoms with van der Waals surface area (Å²) in [6.45, 7) is 5.77. The lowest BCUT2D eigenvalue weighted by molar-refractivity contribution is 0.0700. The molecule has 0 amide bonds. The molecule has 0 radical (unpaired) electrons. The van der Waals surface area contributed by atoms with Gasteiger partial charge in [-0.1, -0.05) is 13.8 Å². The van der Waals surface area contributed by atoms with Crippen molar-refractivity contribution in [3.63, 3.8) is 0 Å². The predicted octanol–water partition coefficient (Wildman–Crippen LogP) is 3.53. The van der Waals surface area contributed by atoms with Gasteiger partial charge in [0.2, 0.25) is 0 Å². The average Bonchev–Trinajstić information content (AvgIpc) is 2.82. The van der Waals surface area contributed by atoms with Gasteiger partial charge in [-0.15, -0.1) is 11.3 Å². The van der Waals surface area contributed by atoms with Crippen LogP contribution in [0.1, 0.15) is 40.7 Å². The number of hydrogen-bond donors (Lipinski definition) is 1.